The molecule has 0 radical (unpaired) electrons. The summed E-state index contributed by atoms with van der Waals surface area (Å²) >= 11 is 0. The lowest BCUT2D eigenvalue weighted by molar-refractivity contribution is 0.281. The first-order chi connectivity index (χ1) is 15.7. The molecule has 6 heteroatoms. The molecule has 0 atom stereocenters. The fourth-order valence-corrected chi connectivity index (χ4v) is 3.09. The molecule has 0 saturated heterocycles. The molecule has 4 rings (SSSR count). The van der Waals surface area contributed by atoms with Crippen molar-refractivity contribution in [3.05, 3.63) is 95.6 Å². The molecule has 4 heterocycles. The summed E-state index contributed by atoms with van der Waals surface area (Å²) in [5.41, 5.74) is 7.51. The molecule has 0 unspecified atom stereocenters. The number of aryl methyl sites for hydroxylation is 2. The zero-order valence-corrected chi connectivity index (χ0v) is 18.4. The second-order valence-electron chi connectivity index (χ2n) is 7.22. The summed E-state index contributed by atoms with van der Waals surface area (Å²) in [6.45, 7) is 4.26. The van der Waals surface area contributed by atoms with E-state index >= 15 is 0 Å². The van der Waals surface area contributed by atoms with Gasteiger partial charge < -0.3 is 10.2 Å². The Bertz CT molecular complexity index is 966. The molecular weight excluding hydrogens is 400 g/mol. The average Bonchev–Trinajstić information content (AvgIpc) is 2.89. The zero-order chi connectivity index (χ0) is 22.8. The average molecular weight is 429 g/mol. The molecule has 0 aliphatic rings. The standard InChI is InChI=1S/C14H16N2.C12H12N2O2/c1-3-11-5-7-15-13(9-11)14-10-12(4-2)6-8-16-14;15-7-9-1-3-13-11(5-9)12-6-10(8-16)2-4-14-12/h5-10H,3-4H2,1-2H3;1-6,15-16H,7-8H2. The van der Waals surface area contributed by atoms with Crippen LogP contribution in [0.3, 0.4) is 0 Å². The zero-order valence-electron chi connectivity index (χ0n) is 18.4. The van der Waals surface area contributed by atoms with E-state index in [1.165, 1.54) is 11.1 Å². The number of aliphatic hydroxyl groups excluding tert-OH is 2. The van der Waals surface area contributed by atoms with Crippen LogP contribution in [0.4, 0.5) is 0 Å². The van der Waals surface area contributed by atoms with E-state index < -0.39 is 0 Å². The maximum atomic E-state index is 9.02. The van der Waals surface area contributed by atoms with Crippen LogP contribution >= 0.6 is 0 Å². The largest absolute Gasteiger partial charge is 0.392 e. The summed E-state index contributed by atoms with van der Waals surface area (Å²) in [4.78, 5) is 17.1. The number of aromatic nitrogens is 4. The Morgan fingerprint density at radius 3 is 1.06 bits per heavy atom. The first-order valence-electron chi connectivity index (χ1n) is 10.7. The molecule has 0 aliphatic heterocycles. The molecule has 164 valence electrons. The summed E-state index contributed by atoms with van der Waals surface area (Å²) in [6.07, 6.45) is 9.04. The van der Waals surface area contributed by atoms with Crippen molar-refractivity contribution in [3.8, 4) is 22.8 Å². The van der Waals surface area contributed by atoms with Gasteiger partial charge in [-0.05, 0) is 83.6 Å². The van der Waals surface area contributed by atoms with Crippen LogP contribution in [0.15, 0.2) is 73.3 Å². The van der Waals surface area contributed by atoms with E-state index in [9.17, 15) is 0 Å². The van der Waals surface area contributed by atoms with Gasteiger partial charge in [0.15, 0.2) is 0 Å². The number of hydrogen-bond acceptors (Lipinski definition) is 6. The van der Waals surface area contributed by atoms with Crippen LogP contribution in [0.25, 0.3) is 22.8 Å². The molecule has 0 spiro atoms. The minimum atomic E-state index is -0.0186. The van der Waals surface area contributed by atoms with Crippen molar-refractivity contribution in [1.29, 1.82) is 0 Å². The van der Waals surface area contributed by atoms with Gasteiger partial charge in [0.05, 0.1) is 36.0 Å². The molecule has 0 aromatic carbocycles. The summed E-state index contributed by atoms with van der Waals surface area (Å²) in [6, 6.07) is 15.4. The van der Waals surface area contributed by atoms with Crippen LogP contribution in [-0.2, 0) is 26.1 Å². The highest BCUT2D eigenvalue weighted by Gasteiger charge is 2.03. The second-order valence-corrected chi connectivity index (χ2v) is 7.22. The van der Waals surface area contributed by atoms with Crippen molar-refractivity contribution in [2.45, 2.75) is 39.9 Å². The van der Waals surface area contributed by atoms with Crippen LogP contribution in [0.5, 0.6) is 0 Å². The predicted molar refractivity (Wildman–Crippen MR) is 126 cm³/mol. The minimum Gasteiger partial charge on any atom is -0.392 e. The van der Waals surface area contributed by atoms with Crippen LogP contribution in [0.2, 0.25) is 0 Å². The van der Waals surface area contributed by atoms with Crippen LogP contribution < -0.4 is 0 Å². The van der Waals surface area contributed by atoms with E-state index in [0.29, 0.717) is 11.4 Å². The maximum absolute atomic E-state index is 9.02. The second kappa shape index (κ2) is 11.8. The molecule has 4 aromatic heterocycles. The highest BCUT2D eigenvalue weighted by atomic mass is 16.3. The van der Waals surface area contributed by atoms with Gasteiger partial charge in [0.2, 0.25) is 0 Å². The van der Waals surface area contributed by atoms with Crippen molar-refractivity contribution in [2.24, 2.45) is 0 Å². The molecule has 4 aromatic rings. The van der Waals surface area contributed by atoms with Gasteiger partial charge in [-0.1, -0.05) is 13.8 Å². The fourth-order valence-electron chi connectivity index (χ4n) is 3.09. The van der Waals surface area contributed by atoms with E-state index in [-0.39, 0.29) is 13.2 Å². The van der Waals surface area contributed by atoms with Gasteiger partial charge in [-0.15, -0.1) is 0 Å². The first-order valence-corrected chi connectivity index (χ1v) is 10.7. The lowest BCUT2D eigenvalue weighted by atomic mass is 10.1. The Morgan fingerprint density at radius 1 is 0.500 bits per heavy atom. The molecule has 6 nitrogen and oxygen atoms in total. The molecular formula is C26H28N4O2. The van der Waals surface area contributed by atoms with E-state index in [1.807, 2.05) is 24.5 Å². The van der Waals surface area contributed by atoms with Gasteiger partial charge in [-0.3, -0.25) is 19.9 Å². The Labute approximate surface area is 188 Å². The highest BCUT2D eigenvalue weighted by molar-refractivity contribution is 5.56. The van der Waals surface area contributed by atoms with Gasteiger partial charge in [0, 0.05) is 24.8 Å². The molecule has 0 amide bonds. The normalized spacial score (nSPS) is 10.4. The third kappa shape index (κ3) is 6.26. The third-order valence-electron chi connectivity index (χ3n) is 5.00. The highest BCUT2D eigenvalue weighted by Crippen LogP contribution is 2.18. The van der Waals surface area contributed by atoms with Crippen molar-refractivity contribution < 1.29 is 10.2 Å². The molecule has 32 heavy (non-hydrogen) atoms. The Kier molecular flexibility index (Phi) is 8.54. The molecule has 0 bridgehead atoms. The lowest BCUT2D eigenvalue weighted by Gasteiger charge is -2.03. The van der Waals surface area contributed by atoms with Gasteiger partial charge in [-0.2, -0.15) is 0 Å². The lowest BCUT2D eigenvalue weighted by Crippen LogP contribution is -1.92. The minimum absolute atomic E-state index is 0.0186. The molecule has 0 aliphatic carbocycles. The Balaban J connectivity index is 0.000000181. The van der Waals surface area contributed by atoms with Crippen molar-refractivity contribution in [3.63, 3.8) is 0 Å². The number of rotatable bonds is 6. The van der Waals surface area contributed by atoms with Gasteiger partial charge >= 0.3 is 0 Å². The van der Waals surface area contributed by atoms with E-state index in [2.05, 4.69) is 45.9 Å². The van der Waals surface area contributed by atoms with Crippen molar-refractivity contribution in [1.82, 2.24) is 19.9 Å². The third-order valence-corrected chi connectivity index (χ3v) is 5.00. The molecule has 0 fully saturated rings. The SMILES string of the molecule is CCc1ccnc(-c2cc(CC)ccn2)c1.OCc1ccnc(-c2cc(CO)ccn2)c1. The van der Waals surface area contributed by atoms with Crippen LogP contribution in [0, 0.1) is 0 Å². The molecule has 0 saturated carbocycles. The number of aliphatic hydroxyl groups is 2. The van der Waals surface area contributed by atoms with Crippen molar-refractivity contribution in [2.75, 3.05) is 0 Å². The van der Waals surface area contributed by atoms with E-state index in [0.717, 1.165) is 35.4 Å². The quantitative estimate of drug-likeness (QED) is 0.473. The van der Waals surface area contributed by atoms with Gasteiger partial charge in [-0.25, -0.2) is 0 Å². The smallest absolute Gasteiger partial charge is 0.0889 e. The summed E-state index contributed by atoms with van der Waals surface area (Å²) in [7, 11) is 0. The number of nitrogens with zero attached hydrogens (tertiary/aromatic N) is 4. The molecule has 2 N–H and O–H groups in total. The summed E-state index contributed by atoms with van der Waals surface area (Å²) < 4.78 is 0. The monoisotopic (exact) mass is 428 g/mol. The first kappa shape index (κ1) is 23.2. The Morgan fingerprint density at radius 2 is 0.781 bits per heavy atom. The van der Waals surface area contributed by atoms with E-state index in [1.54, 1.807) is 36.7 Å². The number of hydrogen-bond donors (Lipinski definition) is 2. The summed E-state index contributed by atoms with van der Waals surface area (Å²) in [5.74, 6) is 0. The Hall–Kier alpha value is -3.48. The summed E-state index contributed by atoms with van der Waals surface area (Å²) in [5, 5.41) is 18.0. The van der Waals surface area contributed by atoms with Crippen LogP contribution in [0.1, 0.15) is 36.1 Å². The van der Waals surface area contributed by atoms with Gasteiger partial charge in [0.1, 0.15) is 0 Å². The topological polar surface area (TPSA) is 92.0 Å². The fraction of sp³-hybridized carbons (Fsp3) is 0.231. The van der Waals surface area contributed by atoms with Crippen LogP contribution in [-0.4, -0.2) is 30.1 Å². The predicted octanol–water partition coefficient (Wildman–Crippen LogP) is 4.40. The van der Waals surface area contributed by atoms with E-state index in [4.69, 9.17) is 10.2 Å². The van der Waals surface area contributed by atoms with Gasteiger partial charge in [0.25, 0.3) is 0 Å². The maximum Gasteiger partial charge on any atom is 0.0889 e. The number of pyridine rings is 4. The van der Waals surface area contributed by atoms with Crippen molar-refractivity contribution >= 4 is 0 Å².